The molecule has 0 saturated heterocycles. The SMILES string of the molecule is CCOC(=O)CCN1C(=O)C(=O)c2cc(S(=O)(=O)O)ccc21.[H-].[Na+]. The Morgan fingerprint density at radius 1 is 1.35 bits per heavy atom. The van der Waals surface area contributed by atoms with Gasteiger partial charge in [0.25, 0.3) is 21.8 Å². The summed E-state index contributed by atoms with van der Waals surface area (Å²) in [6, 6.07) is 3.26. The van der Waals surface area contributed by atoms with E-state index in [-0.39, 0.29) is 61.8 Å². The van der Waals surface area contributed by atoms with Crippen LogP contribution in [0.3, 0.4) is 0 Å². The number of ether oxygens (including phenoxy) is 1. The van der Waals surface area contributed by atoms with E-state index in [9.17, 15) is 22.8 Å². The van der Waals surface area contributed by atoms with E-state index in [1.54, 1.807) is 6.92 Å². The molecular formula is C13H14NNaO7S. The van der Waals surface area contributed by atoms with Crippen LogP contribution in [0.2, 0.25) is 0 Å². The van der Waals surface area contributed by atoms with E-state index in [2.05, 4.69) is 0 Å². The number of Topliss-reactive ketones (excluding diaryl/α,β-unsaturated/α-hetero) is 1. The summed E-state index contributed by atoms with van der Waals surface area (Å²) < 4.78 is 35.9. The fourth-order valence-electron chi connectivity index (χ4n) is 2.10. The fraction of sp³-hybridized carbons (Fsp3) is 0.308. The first kappa shape index (κ1) is 19.8. The Hall–Kier alpha value is -1.26. The fourth-order valence-corrected chi connectivity index (χ4v) is 2.61. The molecule has 0 radical (unpaired) electrons. The summed E-state index contributed by atoms with van der Waals surface area (Å²) in [6.45, 7) is 1.80. The van der Waals surface area contributed by atoms with Crippen LogP contribution in [0.5, 0.6) is 0 Å². The zero-order valence-electron chi connectivity index (χ0n) is 13.6. The third-order valence-electron chi connectivity index (χ3n) is 3.09. The number of fused-ring (bicyclic) bond motifs is 1. The maximum Gasteiger partial charge on any atom is 1.00 e. The first-order valence-corrected chi connectivity index (χ1v) is 7.83. The molecule has 0 aromatic heterocycles. The zero-order valence-corrected chi connectivity index (χ0v) is 15.4. The molecule has 1 aliphatic rings. The van der Waals surface area contributed by atoms with Crippen molar-refractivity contribution < 1.29 is 63.1 Å². The molecule has 1 amide bonds. The van der Waals surface area contributed by atoms with Gasteiger partial charge in [-0.25, -0.2) is 0 Å². The molecule has 0 unspecified atom stereocenters. The molecule has 1 heterocycles. The van der Waals surface area contributed by atoms with E-state index >= 15 is 0 Å². The normalized spacial score (nSPS) is 13.6. The third kappa shape index (κ3) is 4.18. The van der Waals surface area contributed by atoms with Gasteiger partial charge in [-0.3, -0.25) is 18.9 Å². The van der Waals surface area contributed by atoms with Crippen LogP contribution >= 0.6 is 0 Å². The van der Waals surface area contributed by atoms with Crippen molar-refractivity contribution in [1.29, 1.82) is 0 Å². The van der Waals surface area contributed by atoms with Crippen LogP contribution in [0.1, 0.15) is 25.1 Å². The van der Waals surface area contributed by atoms with Crippen LogP contribution in [-0.2, 0) is 24.4 Å². The molecule has 1 aliphatic heterocycles. The number of carbonyl (C=O) groups excluding carboxylic acids is 3. The maximum absolute atomic E-state index is 11.9. The van der Waals surface area contributed by atoms with Gasteiger partial charge in [0.15, 0.2) is 0 Å². The number of hydrogen-bond donors (Lipinski definition) is 1. The molecule has 2 rings (SSSR count). The Kier molecular flexibility index (Phi) is 6.49. The summed E-state index contributed by atoms with van der Waals surface area (Å²) in [5, 5.41) is 0. The topological polar surface area (TPSA) is 118 Å². The van der Waals surface area contributed by atoms with Crippen LogP contribution in [-0.4, -0.2) is 43.8 Å². The smallest absolute Gasteiger partial charge is 1.00 e. The number of anilines is 1. The molecule has 0 aliphatic carbocycles. The third-order valence-corrected chi connectivity index (χ3v) is 3.94. The first-order chi connectivity index (χ1) is 10.3. The summed E-state index contributed by atoms with van der Waals surface area (Å²) >= 11 is 0. The van der Waals surface area contributed by atoms with Crippen LogP contribution in [0.25, 0.3) is 0 Å². The number of carbonyl (C=O) groups is 3. The molecule has 10 heteroatoms. The molecule has 0 atom stereocenters. The molecule has 120 valence electrons. The van der Waals surface area contributed by atoms with Gasteiger partial charge >= 0.3 is 35.5 Å². The number of amides is 1. The van der Waals surface area contributed by atoms with Gasteiger partial charge in [0.2, 0.25) is 0 Å². The summed E-state index contributed by atoms with van der Waals surface area (Å²) in [5.74, 6) is -2.25. The van der Waals surface area contributed by atoms with Crippen LogP contribution < -0.4 is 34.5 Å². The number of ketones is 1. The number of esters is 1. The molecule has 0 saturated carbocycles. The molecule has 0 fully saturated rings. The predicted octanol–water partition coefficient (Wildman–Crippen LogP) is -2.47. The second-order valence-electron chi connectivity index (χ2n) is 4.49. The first-order valence-electron chi connectivity index (χ1n) is 6.39. The van der Waals surface area contributed by atoms with Crippen LogP contribution in [0.15, 0.2) is 23.1 Å². The molecule has 8 nitrogen and oxygen atoms in total. The van der Waals surface area contributed by atoms with Gasteiger partial charge in [0.05, 0.1) is 29.2 Å². The van der Waals surface area contributed by atoms with Gasteiger partial charge < -0.3 is 11.1 Å². The van der Waals surface area contributed by atoms with Gasteiger partial charge in [0.1, 0.15) is 0 Å². The Balaban J connectivity index is 0.00000264. The molecule has 23 heavy (non-hydrogen) atoms. The van der Waals surface area contributed by atoms with E-state index in [0.717, 1.165) is 17.0 Å². The van der Waals surface area contributed by atoms with Crippen molar-refractivity contribution in [2.45, 2.75) is 18.2 Å². The van der Waals surface area contributed by atoms with Crippen molar-refractivity contribution >= 4 is 33.5 Å². The van der Waals surface area contributed by atoms with Crippen molar-refractivity contribution in [3.05, 3.63) is 23.8 Å². The molecule has 0 spiro atoms. The second-order valence-corrected chi connectivity index (χ2v) is 5.92. The minimum Gasteiger partial charge on any atom is -1.00 e. The van der Waals surface area contributed by atoms with Crippen molar-refractivity contribution in [3.63, 3.8) is 0 Å². The Morgan fingerprint density at radius 3 is 2.57 bits per heavy atom. The quantitative estimate of drug-likeness (QED) is 0.270. The summed E-state index contributed by atoms with van der Waals surface area (Å²) in [4.78, 5) is 35.7. The van der Waals surface area contributed by atoms with Gasteiger partial charge in [-0.15, -0.1) is 0 Å². The van der Waals surface area contributed by atoms with Crippen molar-refractivity contribution in [2.75, 3.05) is 18.1 Å². The van der Waals surface area contributed by atoms with E-state index in [4.69, 9.17) is 9.29 Å². The predicted molar refractivity (Wildman–Crippen MR) is 75.3 cm³/mol. The minimum absolute atomic E-state index is 0. The zero-order chi connectivity index (χ0) is 16.5. The molecule has 1 aromatic carbocycles. The average molecular weight is 351 g/mol. The molecule has 1 N–H and O–H groups in total. The average Bonchev–Trinajstić information content (AvgIpc) is 2.68. The monoisotopic (exact) mass is 351 g/mol. The van der Waals surface area contributed by atoms with Crippen molar-refractivity contribution in [2.24, 2.45) is 0 Å². The standard InChI is InChI=1S/C13H13NO7S.Na.H/c1-2-21-11(15)5-6-14-10-4-3-8(22(18,19)20)7-9(10)12(16)13(14)17;;/h3-4,7H,2,5-6H2,1H3,(H,18,19,20);;/q;+1;-1. The molecular weight excluding hydrogens is 337 g/mol. The van der Waals surface area contributed by atoms with Crippen LogP contribution in [0, 0.1) is 0 Å². The van der Waals surface area contributed by atoms with Crippen molar-refractivity contribution in [3.8, 4) is 0 Å². The van der Waals surface area contributed by atoms with Gasteiger partial charge in [-0.1, -0.05) is 0 Å². The number of hydrogen-bond acceptors (Lipinski definition) is 6. The largest absolute Gasteiger partial charge is 1.00 e. The Labute approximate surface area is 156 Å². The summed E-state index contributed by atoms with van der Waals surface area (Å²) in [5.41, 5.74) is 0.0793. The van der Waals surface area contributed by atoms with Gasteiger partial charge in [0, 0.05) is 6.54 Å². The van der Waals surface area contributed by atoms with E-state index in [0.29, 0.717) is 0 Å². The number of nitrogens with zero attached hydrogens (tertiary/aromatic N) is 1. The van der Waals surface area contributed by atoms with E-state index in [1.165, 1.54) is 6.07 Å². The van der Waals surface area contributed by atoms with Gasteiger partial charge in [-0.2, -0.15) is 8.42 Å². The molecule has 1 aromatic rings. The molecule has 0 bridgehead atoms. The van der Waals surface area contributed by atoms with E-state index < -0.39 is 32.7 Å². The summed E-state index contributed by atoms with van der Waals surface area (Å²) in [7, 11) is -4.47. The Morgan fingerprint density at radius 2 is 2.00 bits per heavy atom. The van der Waals surface area contributed by atoms with Crippen LogP contribution in [0.4, 0.5) is 5.69 Å². The van der Waals surface area contributed by atoms with Gasteiger partial charge in [-0.05, 0) is 25.1 Å². The maximum atomic E-state index is 11.9. The number of benzene rings is 1. The number of rotatable bonds is 5. The van der Waals surface area contributed by atoms with E-state index in [1.807, 2.05) is 0 Å². The summed E-state index contributed by atoms with van der Waals surface area (Å²) in [6.07, 6.45) is -0.0909. The second kappa shape index (κ2) is 7.54. The Bertz CT molecular complexity index is 766. The van der Waals surface area contributed by atoms with Crippen molar-refractivity contribution in [1.82, 2.24) is 0 Å². The minimum atomic E-state index is -4.47.